The average molecular weight is 319 g/mol. The normalized spacial score (nSPS) is 19.7. The minimum Gasteiger partial charge on any atom is -0.378 e. The summed E-state index contributed by atoms with van der Waals surface area (Å²) in [6.45, 7) is 5.07. The molecule has 1 unspecified atom stereocenters. The fraction of sp³-hybridized carbons (Fsp3) is 0.824. The largest absolute Gasteiger partial charge is 0.378 e. The van der Waals surface area contributed by atoms with Crippen molar-refractivity contribution in [1.29, 1.82) is 15.8 Å². The van der Waals surface area contributed by atoms with Gasteiger partial charge in [0.05, 0.1) is 38.0 Å². The highest BCUT2D eigenvalue weighted by molar-refractivity contribution is 4.89. The van der Waals surface area contributed by atoms with Crippen molar-refractivity contribution in [2.45, 2.75) is 64.3 Å². The highest BCUT2D eigenvalue weighted by Gasteiger charge is 2.34. The summed E-state index contributed by atoms with van der Waals surface area (Å²) in [5.41, 5.74) is -0.295. The molecule has 1 atom stereocenters. The molecular weight excluding hydrogens is 294 g/mol. The average Bonchev–Trinajstić information content (AvgIpc) is 2.87. The van der Waals surface area contributed by atoms with Crippen LogP contribution < -0.4 is 0 Å². The van der Waals surface area contributed by atoms with Crippen LogP contribution in [0.4, 0.5) is 0 Å². The monoisotopic (exact) mass is 319 g/mol. The number of hydrogen-bond donors (Lipinski definition) is 0. The molecule has 0 saturated carbocycles. The van der Waals surface area contributed by atoms with Crippen LogP contribution >= 0.6 is 0 Å². The molecular formula is C17H25N3O3. The van der Waals surface area contributed by atoms with Gasteiger partial charge in [-0.1, -0.05) is 0 Å². The van der Waals surface area contributed by atoms with Crippen molar-refractivity contribution < 1.29 is 14.2 Å². The molecule has 1 rings (SSSR count). The van der Waals surface area contributed by atoms with Crippen LogP contribution in [0.2, 0.25) is 0 Å². The van der Waals surface area contributed by atoms with E-state index in [-0.39, 0.29) is 11.5 Å². The summed E-state index contributed by atoms with van der Waals surface area (Å²) in [6.07, 6.45) is 3.01. The third-order valence-corrected chi connectivity index (χ3v) is 4.08. The fourth-order valence-corrected chi connectivity index (χ4v) is 2.81. The van der Waals surface area contributed by atoms with E-state index in [1.807, 2.05) is 13.8 Å². The minimum absolute atomic E-state index is 0.106. The summed E-state index contributed by atoms with van der Waals surface area (Å²) < 4.78 is 17.0. The third-order valence-electron chi connectivity index (χ3n) is 4.08. The predicted molar refractivity (Wildman–Crippen MR) is 82.7 cm³/mol. The van der Waals surface area contributed by atoms with Crippen LogP contribution in [0, 0.1) is 39.4 Å². The van der Waals surface area contributed by atoms with Gasteiger partial charge in [0.25, 0.3) is 0 Å². The van der Waals surface area contributed by atoms with Crippen LogP contribution in [0.1, 0.15) is 52.4 Å². The second-order valence-corrected chi connectivity index (χ2v) is 6.44. The molecule has 0 bridgehead atoms. The van der Waals surface area contributed by atoms with Gasteiger partial charge in [0.15, 0.2) is 5.79 Å². The predicted octanol–water partition coefficient (Wildman–Crippen LogP) is 3.05. The molecule has 6 nitrogen and oxygen atoms in total. The quantitative estimate of drug-likeness (QED) is 0.613. The standard InChI is InChI=1S/C17H25N3O3/c1-16(2)22-13-15(23-16)12-21-14-17(6-3-9-18,7-4-10-19)8-5-11-20/h15H,3-8,12-14H2,1-2H3. The van der Waals surface area contributed by atoms with E-state index in [1.165, 1.54) is 0 Å². The Balaban J connectivity index is 2.57. The lowest BCUT2D eigenvalue weighted by molar-refractivity contribution is -0.147. The Kier molecular flexibility index (Phi) is 8.00. The lowest BCUT2D eigenvalue weighted by atomic mass is 9.76. The molecule has 1 fully saturated rings. The first kappa shape index (κ1) is 19.4. The molecule has 0 spiro atoms. The second-order valence-electron chi connectivity index (χ2n) is 6.44. The van der Waals surface area contributed by atoms with E-state index in [4.69, 9.17) is 30.0 Å². The Labute approximate surface area is 138 Å². The summed E-state index contributed by atoms with van der Waals surface area (Å²) in [6, 6.07) is 6.46. The van der Waals surface area contributed by atoms with Crippen LogP contribution in [0.15, 0.2) is 0 Å². The molecule has 0 amide bonds. The highest BCUT2D eigenvalue weighted by Crippen LogP contribution is 2.35. The van der Waals surface area contributed by atoms with Gasteiger partial charge >= 0.3 is 0 Å². The number of ether oxygens (including phenoxy) is 3. The van der Waals surface area contributed by atoms with Crippen molar-refractivity contribution in [1.82, 2.24) is 0 Å². The van der Waals surface area contributed by atoms with E-state index in [9.17, 15) is 0 Å². The molecule has 1 aliphatic rings. The van der Waals surface area contributed by atoms with Gasteiger partial charge in [-0.05, 0) is 38.5 Å². The SMILES string of the molecule is CC1(C)OCC(COCC(CCC#N)(CCC#N)CCC#N)O1. The Morgan fingerprint density at radius 2 is 1.57 bits per heavy atom. The van der Waals surface area contributed by atoms with Crippen LogP contribution in [0.5, 0.6) is 0 Å². The number of hydrogen-bond acceptors (Lipinski definition) is 6. The van der Waals surface area contributed by atoms with Crippen LogP contribution in [0.25, 0.3) is 0 Å². The van der Waals surface area contributed by atoms with Gasteiger partial charge in [-0.2, -0.15) is 15.8 Å². The lowest BCUT2D eigenvalue weighted by Gasteiger charge is -2.32. The summed E-state index contributed by atoms with van der Waals surface area (Å²) in [7, 11) is 0. The molecule has 0 N–H and O–H groups in total. The van der Waals surface area contributed by atoms with Gasteiger partial charge < -0.3 is 14.2 Å². The van der Waals surface area contributed by atoms with E-state index in [2.05, 4.69) is 18.2 Å². The Morgan fingerprint density at radius 1 is 1.04 bits per heavy atom. The number of nitrogens with zero attached hydrogens (tertiary/aromatic N) is 3. The van der Waals surface area contributed by atoms with Crippen LogP contribution in [0.3, 0.4) is 0 Å². The van der Waals surface area contributed by atoms with Crippen LogP contribution in [-0.4, -0.2) is 31.7 Å². The fourth-order valence-electron chi connectivity index (χ4n) is 2.81. The Bertz CT molecular complexity index is 439. The van der Waals surface area contributed by atoms with E-state index in [0.29, 0.717) is 58.3 Å². The third kappa shape index (κ3) is 6.97. The van der Waals surface area contributed by atoms with E-state index in [1.54, 1.807) is 0 Å². The second kappa shape index (κ2) is 9.48. The first-order valence-corrected chi connectivity index (χ1v) is 7.97. The number of nitriles is 3. The molecule has 0 aromatic rings. The summed E-state index contributed by atoms with van der Waals surface area (Å²) in [5.74, 6) is -0.576. The van der Waals surface area contributed by atoms with Crippen molar-refractivity contribution in [2.75, 3.05) is 19.8 Å². The molecule has 0 aliphatic carbocycles. The maximum absolute atomic E-state index is 8.88. The van der Waals surface area contributed by atoms with Gasteiger partial charge in [0, 0.05) is 19.3 Å². The van der Waals surface area contributed by atoms with Gasteiger partial charge in [0.1, 0.15) is 6.10 Å². The Morgan fingerprint density at radius 3 is 1.96 bits per heavy atom. The molecule has 0 radical (unpaired) electrons. The van der Waals surface area contributed by atoms with Crippen molar-refractivity contribution in [3.8, 4) is 18.2 Å². The van der Waals surface area contributed by atoms with E-state index in [0.717, 1.165) is 0 Å². The smallest absolute Gasteiger partial charge is 0.163 e. The summed E-state index contributed by atoms with van der Waals surface area (Å²) in [4.78, 5) is 0. The number of rotatable bonds is 10. The van der Waals surface area contributed by atoms with Gasteiger partial charge in [-0.15, -0.1) is 0 Å². The molecule has 1 heterocycles. The van der Waals surface area contributed by atoms with E-state index < -0.39 is 5.79 Å². The van der Waals surface area contributed by atoms with E-state index >= 15 is 0 Å². The highest BCUT2D eigenvalue weighted by atomic mass is 16.7. The van der Waals surface area contributed by atoms with Crippen molar-refractivity contribution in [2.24, 2.45) is 5.41 Å². The van der Waals surface area contributed by atoms with Crippen LogP contribution in [-0.2, 0) is 14.2 Å². The van der Waals surface area contributed by atoms with Crippen molar-refractivity contribution in [3.05, 3.63) is 0 Å². The molecule has 126 valence electrons. The summed E-state index contributed by atoms with van der Waals surface area (Å²) >= 11 is 0. The molecule has 23 heavy (non-hydrogen) atoms. The zero-order chi connectivity index (χ0) is 17.2. The minimum atomic E-state index is -0.576. The zero-order valence-electron chi connectivity index (χ0n) is 14.0. The first-order chi connectivity index (χ1) is 11.0. The van der Waals surface area contributed by atoms with Gasteiger partial charge in [-0.3, -0.25) is 0 Å². The topological polar surface area (TPSA) is 99.1 Å². The molecule has 0 aromatic carbocycles. The molecule has 6 heteroatoms. The van der Waals surface area contributed by atoms with Gasteiger partial charge in [0.2, 0.25) is 0 Å². The van der Waals surface area contributed by atoms with Crippen molar-refractivity contribution >= 4 is 0 Å². The molecule has 1 aliphatic heterocycles. The summed E-state index contributed by atoms with van der Waals surface area (Å²) in [5, 5.41) is 26.6. The maximum Gasteiger partial charge on any atom is 0.163 e. The maximum atomic E-state index is 8.88. The lowest BCUT2D eigenvalue weighted by Crippen LogP contribution is -2.30. The molecule has 0 aromatic heterocycles. The zero-order valence-corrected chi connectivity index (χ0v) is 14.0. The van der Waals surface area contributed by atoms with Gasteiger partial charge in [-0.25, -0.2) is 0 Å². The first-order valence-electron chi connectivity index (χ1n) is 7.97. The molecule has 1 saturated heterocycles. The van der Waals surface area contributed by atoms with Crippen molar-refractivity contribution in [3.63, 3.8) is 0 Å². The Hall–Kier alpha value is -1.65.